The van der Waals surface area contributed by atoms with Crippen LogP contribution < -0.4 is 9.80 Å². The van der Waals surface area contributed by atoms with E-state index in [4.69, 9.17) is 4.74 Å². The molecule has 0 spiro atoms. The average Bonchev–Trinajstić information content (AvgIpc) is 3.31. The van der Waals surface area contributed by atoms with Crippen LogP contribution in [0, 0.1) is 0 Å². The van der Waals surface area contributed by atoms with Gasteiger partial charge in [-0.3, -0.25) is 0 Å². The monoisotopic (exact) mass is 768 g/mol. The molecule has 8 aromatic carbocycles. The van der Waals surface area contributed by atoms with E-state index in [1.807, 2.05) is 0 Å². The van der Waals surface area contributed by atoms with Gasteiger partial charge in [-0.2, -0.15) is 0 Å². The van der Waals surface area contributed by atoms with Gasteiger partial charge >= 0.3 is 0 Å². The summed E-state index contributed by atoms with van der Waals surface area (Å²) in [7, 11) is 8.55. The van der Waals surface area contributed by atoms with Crippen molar-refractivity contribution >= 4 is 11.4 Å². The molecule has 0 saturated heterocycles. The van der Waals surface area contributed by atoms with Crippen LogP contribution in [-0.4, -0.2) is 28.2 Å². The highest BCUT2D eigenvalue weighted by atomic mass is 16.5. The minimum atomic E-state index is -0.849. The summed E-state index contributed by atoms with van der Waals surface area (Å²) in [6, 6.07) is 83.4. The molecule has 0 radical (unpaired) electrons. The van der Waals surface area contributed by atoms with Crippen molar-refractivity contribution in [1.29, 1.82) is 0 Å². The molecule has 0 aromatic heterocycles. The van der Waals surface area contributed by atoms with Gasteiger partial charge in [0.05, 0.1) is 10.8 Å². The summed E-state index contributed by atoms with van der Waals surface area (Å²) in [6.07, 6.45) is -1.11. The number of nitrogens with zero attached hydrogens (tertiary/aromatic N) is 2. The smallest absolute Gasteiger partial charge is 0.101 e. The topological polar surface area (TPSA) is 15.7 Å². The number of rotatable bonds is 14. The Balaban J connectivity index is 1.57. The molecule has 0 aliphatic rings. The summed E-state index contributed by atoms with van der Waals surface area (Å²) in [5.41, 5.74) is 9.56. The summed E-state index contributed by atoms with van der Waals surface area (Å²) >= 11 is 0. The van der Waals surface area contributed by atoms with Crippen LogP contribution in [0.4, 0.5) is 11.4 Å². The van der Waals surface area contributed by atoms with Crippen LogP contribution in [0.1, 0.15) is 56.7 Å². The molecule has 3 nitrogen and oxygen atoms in total. The minimum Gasteiger partial charge on any atom is -0.377 e. The van der Waals surface area contributed by atoms with Gasteiger partial charge in [-0.1, -0.05) is 218 Å². The Morgan fingerprint density at radius 1 is 0.305 bits per heavy atom. The molecule has 0 N–H and O–H groups in total. The van der Waals surface area contributed by atoms with Gasteiger partial charge in [0.15, 0.2) is 0 Å². The number of ether oxygens (including phenoxy) is 1. The van der Waals surface area contributed by atoms with Crippen molar-refractivity contribution in [2.24, 2.45) is 0 Å². The summed E-state index contributed by atoms with van der Waals surface area (Å²) in [5, 5.41) is 0. The van der Waals surface area contributed by atoms with E-state index in [0.717, 1.165) is 55.9 Å². The van der Waals surface area contributed by atoms with E-state index < -0.39 is 23.0 Å². The lowest BCUT2D eigenvalue weighted by molar-refractivity contribution is -0.0639. The largest absolute Gasteiger partial charge is 0.377 e. The first-order valence-electron chi connectivity index (χ1n) is 20.5. The minimum absolute atomic E-state index is 0.557. The highest BCUT2D eigenvalue weighted by Gasteiger charge is 2.53. The number of hydrogen-bond donors (Lipinski definition) is 0. The molecule has 0 aliphatic carbocycles. The van der Waals surface area contributed by atoms with Crippen molar-refractivity contribution in [2.45, 2.75) is 23.0 Å². The van der Waals surface area contributed by atoms with Gasteiger partial charge in [0.25, 0.3) is 0 Å². The molecule has 0 heterocycles. The van der Waals surface area contributed by atoms with Crippen LogP contribution >= 0.6 is 0 Å². The normalized spacial score (nSPS) is 12.7. The predicted molar refractivity (Wildman–Crippen MR) is 247 cm³/mol. The summed E-state index contributed by atoms with van der Waals surface area (Å²) < 4.78 is 8.51. The van der Waals surface area contributed by atoms with Gasteiger partial charge < -0.3 is 14.5 Å². The van der Waals surface area contributed by atoms with Crippen LogP contribution in [0.2, 0.25) is 0 Å². The fourth-order valence-corrected chi connectivity index (χ4v) is 9.29. The maximum absolute atomic E-state index is 8.51. The van der Waals surface area contributed by atoms with Gasteiger partial charge in [0.1, 0.15) is 12.2 Å². The third-order valence-corrected chi connectivity index (χ3v) is 11.8. The lowest BCUT2D eigenvalue weighted by Gasteiger charge is -2.50. The van der Waals surface area contributed by atoms with Crippen LogP contribution in [0.15, 0.2) is 231 Å². The molecule has 8 rings (SSSR count). The van der Waals surface area contributed by atoms with Crippen molar-refractivity contribution in [3.63, 3.8) is 0 Å². The molecule has 2 unspecified atom stereocenters. The summed E-state index contributed by atoms with van der Waals surface area (Å²) in [6.45, 7) is 0. The lowest BCUT2D eigenvalue weighted by Crippen LogP contribution is -2.44. The number of benzene rings is 8. The third kappa shape index (κ3) is 7.24. The first kappa shape index (κ1) is 39.2. The Labute approximate surface area is 350 Å². The molecule has 59 heavy (non-hydrogen) atoms. The number of para-hydroxylation sites is 2. The Bertz CT molecular complexity index is 2260. The summed E-state index contributed by atoms with van der Waals surface area (Å²) in [4.78, 5) is 4.47. The van der Waals surface area contributed by atoms with Crippen molar-refractivity contribution in [3.8, 4) is 0 Å². The molecule has 0 saturated carbocycles. The quantitative estimate of drug-likeness (QED) is 0.102. The zero-order chi connectivity index (χ0) is 40.7. The molecule has 3 heteroatoms. The van der Waals surface area contributed by atoms with Crippen LogP contribution in [0.5, 0.6) is 0 Å². The molecule has 2 atom stereocenters. The Morgan fingerprint density at radius 3 is 0.814 bits per heavy atom. The van der Waals surface area contributed by atoms with Crippen LogP contribution in [0.3, 0.4) is 0 Å². The Morgan fingerprint density at radius 2 is 0.542 bits per heavy atom. The number of anilines is 2. The van der Waals surface area contributed by atoms with Crippen molar-refractivity contribution in [3.05, 3.63) is 275 Å². The molecular formula is C56H52N2O. The lowest BCUT2D eigenvalue weighted by atomic mass is 9.61. The molecule has 292 valence electrons. The molecule has 0 bridgehead atoms. The maximum Gasteiger partial charge on any atom is 0.101 e. The van der Waals surface area contributed by atoms with Crippen molar-refractivity contribution in [2.75, 3.05) is 38.0 Å². The zero-order valence-corrected chi connectivity index (χ0v) is 34.4. The van der Waals surface area contributed by atoms with E-state index in [0.29, 0.717) is 0 Å². The van der Waals surface area contributed by atoms with Gasteiger partial charge in [-0.15, -0.1) is 0 Å². The highest BCUT2D eigenvalue weighted by molar-refractivity contribution is 5.67. The third-order valence-electron chi connectivity index (χ3n) is 11.8. The first-order chi connectivity index (χ1) is 29.0. The van der Waals surface area contributed by atoms with E-state index in [-0.39, 0.29) is 0 Å². The first-order valence-corrected chi connectivity index (χ1v) is 20.5. The van der Waals surface area contributed by atoms with Crippen LogP contribution in [0.25, 0.3) is 0 Å². The second-order valence-electron chi connectivity index (χ2n) is 15.6. The van der Waals surface area contributed by atoms with Gasteiger partial charge in [-0.25, -0.2) is 0 Å². The highest BCUT2D eigenvalue weighted by Crippen LogP contribution is 2.59. The second-order valence-corrected chi connectivity index (χ2v) is 15.6. The van der Waals surface area contributed by atoms with Gasteiger partial charge in [-0.05, 0) is 56.6 Å². The zero-order valence-electron chi connectivity index (χ0n) is 34.4. The average molecular weight is 769 g/mol. The summed E-state index contributed by atoms with van der Waals surface area (Å²) in [5.74, 6) is 0. The Kier molecular flexibility index (Phi) is 11.6. The standard InChI is InChI=1S/C56H52N2O/c1-57(2)51-41-25-23-39-49(51)55(45-31-15-7-16-32-45,46-33-17-8-18-34-46)53(43-27-11-5-12-28-43)59-54(44-29-13-6-14-30-44)56(47-35-19-9-20-36-47,48-37-21-10-22-38-48)50-40-24-26-42-52(50)58(3)4/h5-42,53-54H,1-4H3. The second kappa shape index (κ2) is 17.4. The van der Waals surface area contributed by atoms with Crippen molar-refractivity contribution in [1.82, 2.24) is 0 Å². The molecule has 0 fully saturated rings. The molecule has 0 aliphatic heterocycles. The Hall–Kier alpha value is -6.68. The van der Waals surface area contributed by atoms with Crippen molar-refractivity contribution < 1.29 is 4.74 Å². The van der Waals surface area contributed by atoms with E-state index in [1.54, 1.807) is 0 Å². The fourth-order valence-electron chi connectivity index (χ4n) is 9.29. The van der Waals surface area contributed by atoms with E-state index in [9.17, 15) is 0 Å². The van der Waals surface area contributed by atoms with Crippen LogP contribution in [-0.2, 0) is 15.6 Å². The predicted octanol–water partition coefficient (Wildman–Crippen LogP) is 12.7. The van der Waals surface area contributed by atoms with E-state index in [2.05, 4.69) is 269 Å². The van der Waals surface area contributed by atoms with E-state index in [1.165, 1.54) is 0 Å². The molecule has 0 amide bonds. The maximum atomic E-state index is 8.51. The van der Waals surface area contributed by atoms with Gasteiger partial charge in [0.2, 0.25) is 0 Å². The fraction of sp³-hybridized carbons (Fsp3) is 0.143. The number of hydrogen-bond acceptors (Lipinski definition) is 3. The van der Waals surface area contributed by atoms with Gasteiger partial charge in [0, 0.05) is 39.6 Å². The van der Waals surface area contributed by atoms with E-state index >= 15 is 0 Å². The SMILES string of the molecule is CN(C)c1ccccc1C(c1ccccc1)(c1ccccc1)C(OC(c1ccccc1)C(c1ccccc1)(c1ccccc1)c1ccccc1N(C)C)c1ccccc1. The molecule has 8 aromatic rings. The molecular weight excluding hydrogens is 717 g/mol.